The predicted molar refractivity (Wildman–Crippen MR) is 132 cm³/mol. The molecule has 0 saturated carbocycles. The van der Waals surface area contributed by atoms with Crippen LogP contribution in [0.15, 0.2) is 93.6 Å². The minimum Gasteiger partial charge on any atom is -0.272 e. The number of aromatic nitrogens is 3. The fourth-order valence-electron chi connectivity index (χ4n) is 2.88. The number of amides is 1. The monoisotopic (exact) mass is 525 g/mol. The van der Waals surface area contributed by atoms with Gasteiger partial charge in [0.2, 0.25) is 0 Å². The molecule has 1 amide bonds. The third-order valence-corrected chi connectivity index (χ3v) is 6.28. The lowest BCUT2D eigenvalue weighted by Crippen LogP contribution is -2.20. The zero-order valence-corrected chi connectivity index (χ0v) is 19.8. The maximum absolute atomic E-state index is 12.3. The molecule has 0 aliphatic carbocycles. The molecule has 0 atom stereocenters. The second kappa shape index (κ2) is 10.6. The maximum atomic E-state index is 12.3. The first-order chi connectivity index (χ1) is 15.6. The summed E-state index contributed by atoms with van der Waals surface area (Å²) in [5, 5.41) is 14.0. The van der Waals surface area contributed by atoms with Crippen LogP contribution >= 0.6 is 39.3 Å². The van der Waals surface area contributed by atoms with Gasteiger partial charge in [0.1, 0.15) is 0 Å². The van der Waals surface area contributed by atoms with Gasteiger partial charge in [-0.15, -0.1) is 10.2 Å². The summed E-state index contributed by atoms with van der Waals surface area (Å²) in [5.74, 6) is 0.571. The Labute approximate surface area is 202 Å². The Morgan fingerprint density at radius 1 is 1.03 bits per heavy atom. The molecule has 0 aliphatic heterocycles. The molecule has 0 aliphatic rings. The summed E-state index contributed by atoms with van der Waals surface area (Å²) in [7, 11) is 0. The summed E-state index contributed by atoms with van der Waals surface area (Å²) in [5.41, 5.74) is 5.19. The minimum atomic E-state index is -0.245. The molecule has 0 fully saturated rings. The fraction of sp³-hybridized carbons (Fsp3) is 0.0435. The summed E-state index contributed by atoms with van der Waals surface area (Å²) in [6.07, 6.45) is 1.59. The molecular weight excluding hydrogens is 510 g/mol. The number of benzene rings is 3. The summed E-state index contributed by atoms with van der Waals surface area (Å²) < 4.78 is 2.81. The number of carbonyl (C=O) groups excluding carboxylic acids is 1. The standard InChI is InChI=1S/C23H17BrClN5OS/c24-20-9-5-4-8-17(20)14-26-27-21(31)15-32-23-29-28-22(16-6-2-1-3-7-16)30(23)19-12-10-18(25)11-13-19/h1-14H,15H2,(H,27,31)/b26-14-. The number of hydrogen-bond acceptors (Lipinski definition) is 5. The van der Waals surface area contributed by atoms with Crippen molar-refractivity contribution < 1.29 is 4.79 Å². The number of hydrazone groups is 1. The van der Waals surface area contributed by atoms with Crippen LogP contribution in [0.4, 0.5) is 0 Å². The van der Waals surface area contributed by atoms with Crippen molar-refractivity contribution in [1.29, 1.82) is 0 Å². The lowest BCUT2D eigenvalue weighted by Gasteiger charge is -2.10. The van der Waals surface area contributed by atoms with Gasteiger partial charge in [0, 0.05) is 26.3 Å². The predicted octanol–water partition coefficient (Wildman–Crippen LogP) is 5.59. The van der Waals surface area contributed by atoms with E-state index in [4.69, 9.17) is 11.6 Å². The van der Waals surface area contributed by atoms with Crippen LogP contribution in [0.25, 0.3) is 17.1 Å². The number of carbonyl (C=O) groups is 1. The molecule has 0 unspecified atom stereocenters. The zero-order chi connectivity index (χ0) is 22.3. The van der Waals surface area contributed by atoms with Gasteiger partial charge in [-0.3, -0.25) is 9.36 Å². The van der Waals surface area contributed by atoms with Crippen molar-refractivity contribution in [2.75, 3.05) is 5.75 Å². The highest BCUT2D eigenvalue weighted by Gasteiger charge is 2.17. The van der Waals surface area contributed by atoms with Crippen LogP contribution in [0.3, 0.4) is 0 Å². The molecule has 1 N–H and O–H groups in total. The van der Waals surface area contributed by atoms with E-state index in [0.717, 1.165) is 21.3 Å². The topological polar surface area (TPSA) is 72.2 Å². The van der Waals surface area contributed by atoms with Crippen LogP contribution in [0.2, 0.25) is 5.02 Å². The fourth-order valence-corrected chi connectivity index (χ4v) is 4.13. The largest absolute Gasteiger partial charge is 0.272 e. The van der Waals surface area contributed by atoms with Gasteiger partial charge in [-0.05, 0) is 30.3 Å². The molecule has 9 heteroatoms. The highest BCUT2D eigenvalue weighted by atomic mass is 79.9. The quantitative estimate of drug-likeness (QED) is 0.193. The average molecular weight is 527 g/mol. The molecule has 0 radical (unpaired) electrons. The lowest BCUT2D eigenvalue weighted by atomic mass is 10.2. The molecule has 0 saturated heterocycles. The SMILES string of the molecule is O=C(CSc1nnc(-c2ccccc2)n1-c1ccc(Cl)cc1)N/N=C\c1ccccc1Br. The smallest absolute Gasteiger partial charge is 0.250 e. The van der Waals surface area contributed by atoms with E-state index in [2.05, 4.69) is 36.7 Å². The van der Waals surface area contributed by atoms with Crippen LogP contribution in [0.1, 0.15) is 5.56 Å². The van der Waals surface area contributed by atoms with Gasteiger partial charge in [0.25, 0.3) is 5.91 Å². The first-order valence-corrected chi connectivity index (χ1v) is 11.7. The van der Waals surface area contributed by atoms with E-state index in [1.54, 1.807) is 6.21 Å². The Morgan fingerprint density at radius 2 is 1.75 bits per heavy atom. The van der Waals surface area contributed by atoms with E-state index < -0.39 is 0 Å². The second-order valence-electron chi connectivity index (χ2n) is 6.59. The summed E-state index contributed by atoms with van der Waals surface area (Å²) in [4.78, 5) is 12.3. The van der Waals surface area contributed by atoms with Crippen LogP contribution in [-0.2, 0) is 4.79 Å². The van der Waals surface area contributed by atoms with Gasteiger partial charge < -0.3 is 0 Å². The Bertz CT molecular complexity index is 1240. The van der Waals surface area contributed by atoms with Crippen LogP contribution in [0.5, 0.6) is 0 Å². The van der Waals surface area contributed by atoms with Crippen molar-refractivity contribution in [2.45, 2.75) is 5.16 Å². The lowest BCUT2D eigenvalue weighted by molar-refractivity contribution is -0.118. The second-order valence-corrected chi connectivity index (χ2v) is 8.82. The van der Waals surface area contributed by atoms with Gasteiger partial charge in [0.05, 0.1) is 12.0 Å². The van der Waals surface area contributed by atoms with Crippen LogP contribution in [0, 0.1) is 0 Å². The Morgan fingerprint density at radius 3 is 2.50 bits per heavy atom. The van der Waals surface area contributed by atoms with E-state index in [1.165, 1.54) is 11.8 Å². The van der Waals surface area contributed by atoms with Gasteiger partial charge in [0.15, 0.2) is 11.0 Å². The Balaban J connectivity index is 1.51. The number of nitrogens with zero attached hydrogens (tertiary/aromatic N) is 4. The van der Waals surface area contributed by atoms with E-state index >= 15 is 0 Å². The first-order valence-electron chi connectivity index (χ1n) is 9.58. The summed E-state index contributed by atoms with van der Waals surface area (Å²) in [6, 6.07) is 24.8. The first kappa shape index (κ1) is 22.3. The number of thioether (sulfide) groups is 1. The highest BCUT2D eigenvalue weighted by molar-refractivity contribution is 9.10. The number of rotatable bonds is 7. The molecule has 6 nitrogen and oxygen atoms in total. The third-order valence-electron chi connectivity index (χ3n) is 4.38. The molecule has 0 bridgehead atoms. The van der Waals surface area contributed by atoms with Gasteiger partial charge in [-0.25, -0.2) is 5.43 Å². The van der Waals surface area contributed by atoms with Crippen molar-refractivity contribution in [3.05, 3.63) is 93.9 Å². The van der Waals surface area contributed by atoms with Crippen molar-refractivity contribution in [2.24, 2.45) is 5.10 Å². The summed E-state index contributed by atoms with van der Waals surface area (Å²) >= 11 is 10.8. The number of halogens is 2. The molecule has 0 spiro atoms. The molecule has 1 aromatic heterocycles. The van der Waals surface area contributed by atoms with E-state index in [-0.39, 0.29) is 11.7 Å². The van der Waals surface area contributed by atoms with Crippen molar-refractivity contribution in [1.82, 2.24) is 20.2 Å². The average Bonchev–Trinajstić information content (AvgIpc) is 3.24. The van der Waals surface area contributed by atoms with Gasteiger partial charge in [-0.1, -0.05) is 87.8 Å². The van der Waals surface area contributed by atoms with E-state index in [1.807, 2.05) is 83.4 Å². The Kier molecular flexibility index (Phi) is 7.36. The van der Waals surface area contributed by atoms with E-state index in [9.17, 15) is 4.79 Å². The Hall–Kier alpha value is -2.94. The molecule has 32 heavy (non-hydrogen) atoms. The molecular formula is C23H17BrClN5OS. The molecule has 160 valence electrons. The molecule has 4 rings (SSSR count). The molecule has 1 heterocycles. The van der Waals surface area contributed by atoms with Gasteiger partial charge in [-0.2, -0.15) is 5.10 Å². The molecule has 4 aromatic rings. The van der Waals surface area contributed by atoms with Crippen molar-refractivity contribution in [3.63, 3.8) is 0 Å². The maximum Gasteiger partial charge on any atom is 0.250 e. The van der Waals surface area contributed by atoms with Crippen molar-refractivity contribution in [3.8, 4) is 17.1 Å². The van der Waals surface area contributed by atoms with Crippen molar-refractivity contribution >= 4 is 51.4 Å². The third kappa shape index (κ3) is 5.45. The highest BCUT2D eigenvalue weighted by Crippen LogP contribution is 2.28. The number of nitrogens with one attached hydrogen (secondary N) is 1. The van der Waals surface area contributed by atoms with Crippen LogP contribution in [-0.4, -0.2) is 32.6 Å². The van der Waals surface area contributed by atoms with Crippen LogP contribution < -0.4 is 5.43 Å². The number of hydrogen-bond donors (Lipinski definition) is 1. The van der Waals surface area contributed by atoms with Gasteiger partial charge >= 0.3 is 0 Å². The molecule has 3 aromatic carbocycles. The minimum absolute atomic E-state index is 0.133. The normalized spacial score (nSPS) is 11.1. The van der Waals surface area contributed by atoms with E-state index in [0.29, 0.717) is 16.0 Å². The zero-order valence-electron chi connectivity index (χ0n) is 16.7. The summed E-state index contributed by atoms with van der Waals surface area (Å²) in [6.45, 7) is 0.